The van der Waals surface area contributed by atoms with E-state index in [2.05, 4.69) is 38.2 Å². The highest BCUT2D eigenvalue weighted by Crippen LogP contribution is 2.20. The molecule has 1 aromatic carbocycles. The van der Waals surface area contributed by atoms with E-state index in [0.29, 0.717) is 12.1 Å². The molecule has 15 heavy (non-hydrogen) atoms. The predicted octanol–water partition coefficient (Wildman–Crippen LogP) is 2.93. The van der Waals surface area contributed by atoms with Gasteiger partial charge >= 0.3 is 0 Å². The van der Waals surface area contributed by atoms with E-state index in [1.165, 1.54) is 5.56 Å². The molecule has 0 radical (unpaired) electrons. The molecule has 2 heteroatoms. The Morgan fingerprint density at radius 2 is 1.93 bits per heavy atom. The zero-order chi connectivity index (χ0) is 11.4. The molecule has 0 aliphatic carbocycles. The van der Waals surface area contributed by atoms with Crippen molar-refractivity contribution in [3.05, 3.63) is 34.9 Å². The Balaban J connectivity index is 3.00. The second kappa shape index (κ2) is 4.95. The fraction of sp³-hybridized carbons (Fsp3) is 0.462. The zero-order valence-electron chi connectivity index (χ0n) is 9.83. The lowest BCUT2D eigenvalue weighted by Gasteiger charge is -2.19. The van der Waals surface area contributed by atoms with Crippen LogP contribution in [0.3, 0.4) is 0 Å². The van der Waals surface area contributed by atoms with Crippen LogP contribution in [0.4, 0.5) is 0 Å². The average molecular weight is 202 g/mol. The Labute approximate surface area is 91.9 Å². The number of hydrogen-bond acceptors (Lipinski definition) is 2. The first kappa shape index (κ1) is 11.7. The highest BCUT2D eigenvalue weighted by molar-refractivity contribution is 5.43. The molecule has 0 heterocycles. The lowest BCUT2D eigenvalue weighted by molar-refractivity contribution is 0.504. The average Bonchev–Trinajstić information content (AvgIpc) is 2.17. The van der Waals surface area contributed by atoms with Crippen molar-refractivity contribution in [2.24, 2.45) is 0 Å². The summed E-state index contributed by atoms with van der Waals surface area (Å²) in [6.45, 7) is 8.38. The van der Waals surface area contributed by atoms with Crippen LogP contribution in [0.15, 0.2) is 18.2 Å². The van der Waals surface area contributed by atoms with Crippen LogP contribution >= 0.6 is 0 Å². The highest BCUT2D eigenvalue weighted by Gasteiger charge is 2.11. The predicted molar refractivity (Wildman–Crippen MR) is 62.6 cm³/mol. The lowest BCUT2D eigenvalue weighted by atomic mass is 9.98. The molecule has 0 aromatic heterocycles. The van der Waals surface area contributed by atoms with Crippen LogP contribution in [-0.2, 0) is 0 Å². The normalized spacial score (nSPS) is 12.5. The molecule has 1 atom stereocenters. The molecular formula is C13H18N2. The third-order valence-electron chi connectivity index (χ3n) is 2.55. The molecule has 0 spiro atoms. The maximum absolute atomic E-state index is 8.94. The van der Waals surface area contributed by atoms with Gasteiger partial charge in [-0.05, 0) is 31.0 Å². The first-order valence-corrected chi connectivity index (χ1v) is 5.32. The topological polar surface area (TPSA) is 35.8 Å². The summed E-state index contributed by atoms with van der Waals surface area (Å²) in [7, 11) is 0. The van der Waals surface area contributed by atoms with Crippen molar-refractivity contribution in [1.82, 2.24) is 5.32 Å². The summed E-state index contributed by atoms with van der Waals surface area (Å²) in [6, 6.07) is 8.84. The number of hydrogen-bond donors (Lipinski definition) is 1. The van der Waals surface area contributed by atoms with Gasteiger partial charge in [0.15, 0.2) is 0 Å². The van der Waals surface area contributed by atoms with Gasteiger partial charge < -0.3 is 5.32 Å². The van der Waals surface area contributed by atoms with Crippen molar-refractivity contribution >= 4 is 0 Å². The highest BCUT2D eigenvalue weighted by atomic mass is 14.9. The molecular weight excluding hydrogens is 184 g/mol. The minimum absolute atomic E-state index is 0.290. The molecule has 0 saturated carbocycles. The first-order chi connectivity index (χ1) is 7.06. The fourth-order valence-corrected chi connectivity index (χ4v) is 1.83. The summed E-state index contributed by atoms with van der Waals surface area (Å²) in [4.78, 5) is 0. The SMILES string of the molecule is Cc1c(C#N)cccc1[C@@H](C)NC(C)C. The van der Waals surface area contributed by atoms with Gasteiger partial charge in [0.05, 0.1) is 11.6 Å². The van der Waals surface area contributed by atoms with Gasteiger partial charge in [-0.15, -0.1) is 0 Å². The molecule has 0 unspecified atom stereocenters. The Hall–Kier alpha value is -1.33. The molecule has 0 aliphatic heterocycles. The summed E-state index contributed by atoms with van der Waals surface area (Å²) >= 11 is 0. The number of benzene rings is 1. The molecule has 0 bridgehead atoms. The molecule has 80 valence electrons. The quantitative estimate of drug-likeness (QED) is 0.818. The van der Waals surface area contributed by atoms with Crippen LogP contribution in [0, 0.1) is 18.3 Å². The fourth-order valence-electron chi connectivity index (χ4n) is 1.83. The Bertz CT molecular complexity index is 375. The van der Waals surface area contributed by atoms with E-state index >= 15 is 0 Å². The van der Waals surface area contributed by atoms with Crippen molar-refractivity contribution in [2.75, 3.05) is 0 Å². The molecule has 1 N–H and O–H groups in total. The van der Waals surface area contributed by atoms with Crippen LogP contribution in [0.1, 0.15) is 43.5 Å². The van der Waals surface area contributed by atoms with Gasteiger partial charge in [0.2, 0.25) is 0 Å². The van der Waals surface area contributed by atoms with E-state index in [4.69, 9.17) is 5.26 Å². The molecule has 0 aliphatic rings. The van der Waals surface area contributed by atoms with Crippen molar-refractivity contribution < 1.29 is 0 Å². The molecule has 2 nitrogen and oxygen atoms in total. The molecule has 0 amide bonds. The smallest absolute Gasteiger partial charge is 0.0994 e. The second-order valence-electron chi connectivity index (χ2n) is 4.17. The molecule has 0 saturated heterocycles. The van der Waals surface area contributed by atoms with E-state index in [1.807, 2.05) is 19.1 Å². The third kappa shape index (κ3) is 2.81. The van der Waals surface area contributed by atoms with Crippen LogP contribution < -0.4 is 5.32 Å². The Kier molecular flexibility index (Phi) is 3.88. The standard InChI is InChI=1S/C13H18N2/c1-9(2)15-11(4)13-7-5-6-12(8-14)10(13)3/h5-7,9,11,15H,1-4H3/t11-/m1/s1. The third-order valence-corrected chi connectivity index (χ3v) is 2.55. The van der Waals surface area contributed by atoms with Gasteiger partial charge in [0, 0.05) is 12.1 Å². The maximum atomic E-state index is 8.94. The van der Waals surface area contributed by atoms with Crippen LogP contribution in [-0.4, -0.2) is 6.04 Å². The Morgan fingerprint density at radius 1 is 1.27 bits per heavy atom. The molecule has 1 rings (SSSR count). The lowest BCUT2D eigenvalue weighted by Crippen LogP contribution is -2.26. The maximum Gasteiger partial charge on any atom is 0.0994 e. The zero-order valence-corrected chi connectivity index (χ0v) is 9.83. The summed E-state index contributed by atoms with van der Waals surface area (Å²) in [5, 5.41) is 12.4. The van der Waals surface area contributed by atoms with Crippen molar-refractivity contribution in [2.45, 2.75) is 39.8 Å². The minimum Gasteiger partial charge on any atom is -0.308 e. The van der Waals surface area contributed by atoms with E-state index in [0.717, 1.165) is 11.1 Å². The van der Waals surface area contributed by atoms with E-state index < -0.39 is 0 Å². The molecule has 1 aromatic rings. The van der Waals surface area contributed by atoms with E-state index in [9.17, 15) is 0 Å². The van der Waals surface area contributed by atoms with Gasteiger partial charge in [0.25, 0.3) is 0 Å². The summed E-state index contributed by atoms with van der Waals surface area (Å²) < 4.78 is 0. The monoisotopic (exact) mass is 202 g/mol. The number of rotatable bonds is 3. The largest absolute Gasteiger partial charge is 0.308 e. The summed E-state index contributed by atoms with van der Waals surface area (Å²) in [5.41, 5.74) is 3.06. The van der Waals surface area contributed by atoms with Crippen molar-refractivity contribution in [1.29, 1.82) is 5.26 Å². The van der Waals surface area contributed by atoms with Gasteiger partial charge in [-0.1, -0.05) is 26.0 Å². The van der Waals surface area contributed by atoms with Crippen LogP contribution in [0.5, 0.6) is 0 Å². The number of nitriles is 1. The molecule has 0 fully saturated rings. The summed E-state index contributed by atoms with van der Waals surface area (Å²) in [6.07, 6.45) is 0. The van der Waals surface area contributed by atoms with Crippen LogP contribution in [0.2, 0.25) is 0 Å². The van der Waals surface area contributed by atoms with Gasteiger partial charge in [0.1, 0.15) is 0 Å². The number of nitrogens with one attached hydrogen (secondary N) is 1. The van der Waals surface area contributed by atoms with E-state index in [1.54, 1.807) is 0 Å². The van der Waals surface area contributed by atoms with Gasteiger partial charge in [-0.25, -0.2) is 0 Å². The van der Waals surface area contributed by atoms with E-state index in [-0.39, 0.29) is 0 Å². The summed E-state index contributed by atoms with van der Waals surface area (Å²) in [5.74, 6) is 0. The van der Waals surface area contributed by atoms with Crippen molar-refractivity contribution in [3.63, 3.8) is 0 Å². The first-order valence-electron chi connectivity index (χ1n) is 5.32. The van der Waals surface area contributed by atoms with Gasteiger partial charge in [-0.2, -0.15) is 5.26 Å². The van der Waals surface area contributed by atoms with Crippen molar-refractivity contribution in [3.8, 4) is 6.07 Å². The van der Waals surface area contributed by atoms with Gasteiger partial charge in [-0.3, -0.25) is 0 Å². The number of nitrogens with zero attached hydrogens (tertiary/aromatic N) is 1. The minimum atomic E-state index is 0.290. The second-order valence-corrected chi connectivity index (χ2v) is 4.17. The van der Waals surface area contributed by atoms with Crippen LogP contribution in [0.25, 0.3) is 0 Å². The Morgan fingerprint density at radius 3 is 2.47 bits per heavy atom.